The molecule has 0 aromatic heterocycles. The van der Waals surface area contributed by atoms with Gasteiger partial charge in [-0.1, -0.05) is 11.6 Å². The Balaban J connectivity index is 2.00. The normalized spacial score (nSPS) is 25.0. The summed E-state index contributed by atoms with van der Waals surface area (Å²) in [6.07, 6.45) is 5.97. The second-order valence-electron chi connectivity index (χ2n) is 6.67. The van der Waals surface area contributed by atoms with E-state index in [1.165, 1.54) is 49.0 Å². The van der Waals surface area contributed by atoms with E-state index in [4.69, 9.17) is 0 Å². The zero-order valence-corrected chi connectivity index (χ0v) is 12.8. The number of fused-ring (bicyclic) bond motifs is 2. The first-order valence-corrected chi connectivity index (χ1v) is 7.89. The van der Waals surface area contributed by atoms with Gasteiger partial charge in [0.05, 0.1) is 0 Å². The summed E-state index contributed by atoms with van der Waals surface area (Å²) in [7, 11) is 4.16. The van der Waals surface area contributed by atoms with Crippen molar-refractivity contribution in [1.82, 2.24) is 4.90 Å². The van der Waals surface area contributed by atoms with Crippen molar-refractivity contribution in [2.75, 3.05) is 20.6 Å². The summed E-state index contributed by atoms with van der Waals surface area (Å²) in [5.74, 6) is -0.293. The maximum atomic E-state index is 13.6. The molecule has 3 heteroatoms. The second kappa shape index (κ2) is 5.88. The molecule has 0 aliphatic heterocycles. The molecule has 0 heterocycles. The molecule has 2 bridgehead atoms. The molecule has 0 saturated heterocycles. The van der Waals surface area contributed by atoms with Crippen LogP contribution >= 0.6 is 0 Å². The van der Waals surface area contributed by atoms with E-state index in [9.17, 15) is 8.78 Å². The maximum absolute atomic E-state index is 13.6. The van der Waals surface area contributed by atoms with Gasteiger partial charge in [0.15, 0.2) is 11.6 Å². The first kappa shape index (κ1) is 14.7. The third-order valence-electron chi connectivity index (χ3n) is 5.03. The fourth-order valence-corrected chi connectivity index (χ4v) is 3.98. The van der Waals surface area contributed by atoms with Crippen LogP contribution in [0.3, 0.4) is 0 Å². The van der Waals surface area contributed by atoms with Gasteiger partial charge >= 0.3 is 0 Å². The van der Waals surface area contributed by atoms with Gasteiger partial charge in [-0.05, 0) is 81.3 Å². The Kier molecular flexibility index (Phi) is 4.12. The molecule has 21 heavy (non-hydrogen) atoms. The van der Waals surface area contributed by atoms with Crippen molar-refractivity contribution in [3.05, 3.63) is 41.0 Å². The van der Waals surface area contributed by atoms with Crippen LogP contribution in [0.5, 0.6) is 0 Å². The van der Waals surface area contributed by atoms with Crippen LogP contribution in [0.1, 0.15) is 37.7 Å². The highest BCUT2D eigenvalue weighted by molar-refractivity contribution is 5.72. The van der Waals surface area contributed by atoms with Gasteiger partial charge in [-0.25, -0.2) is 8.78 Å². The molecular weight excluding hydrogens is 268 g/mol. The lowest BCUT2D eigenvalue weighted by atomic mass is 9.64. The molecule has 0 radical (unpaired) electrons. The lowest BCUT2D eigenvalue weighted by molar-refractivity contribution is 0.307. The van der Waals surface area contributed by atoms with Gasteiger partial charge in [0, 0.05) is 6.54 Å². The van der Waals surface area contributed by atoms with Crippen molar-refractivity contribution in [1.29, 1.82) is 0 Å². The average molecular weight is 291 g/mol. The molecule has 1 aromatic rings. The maximum Gasteiger partial charge on any atom is 0.159 e. The summed E-state index contributed by atoms with van der Waals surface area (Å²) >= 11 is 0. The molecule has 1 nitrogen and oxygen atoms in total. The highest BCUT2D eigenvalue weighted by atomic mass is 19.2. The molecule has 114 valence electrons. The van der Waals surface area contributed by atoms with Gasteiger partial charge in [-0.2, -0.15) is 0 Å². The molecule has 0 unspecified atom stereocenters. The van der Waals surface area contributed by atoms with Gasteiger partial charge in [-0.15, -0.1) is 0 Å². The SMILES string of the molecule is CN(C)CCC1=C(c2ccc(F)c(F)c2)C2CCC1CC2. The predicted octanol–water partition coefficient (Wildman–Crippen LogP) is 4.49. The summed E-state index contributed by atoms with van der Waals surface area (Å²) in [4.78, 5) is 2.19. The Morgan fingerprint density at radius 3 is 2.29 bits per heavy atom. The summed E-state index contributed by atoms with van der Waals surface area (Å²) in [5, 5.41) is 0. The zero-order chi connectivity index (χ0) is 15.0. The van der Waals surface area contributed by atoms with Crippen molar-refractivity contribution >= 4 is 5.57 Å². The lowest BCUT2D eigenvalue weighted by Gasteiger charge is -2.41. The van der Waals surface area contributed by atoms with Crippen LogP contribution in [0.15, 0.2) is 23.8 Å². The number of hydrogen-bond acceptors (Lipinski definition) is 1. The molecule has 3 aliphatic carbocycles. The highest BCUT2D eigenvalue weighted by Crippen LogP contribution is 2.50. The molecule has 1 aromatic carbocycles. The molecule has 0 spiro atoms. The van der Waals surface area contributed by atoms with E-state index in [0.29, 0.717) is 11.8 Å². The second-order valence-corrected chi connectivity index (χ2v) is 6.67. The topological polar surface area (TPSA) is 3.24 Å². The van der Waals surface area contributed by atoms with Gasteiger partial charge < -0.3 is 4.90 Å². The molecule has 0 amide bonds. The van der Waals surface area contributed by atoms with E-state index < -0.39 is 11.6 Å². The third-order valence-corrected chi connectivity index (χ3v) is 5.03. The molecule has 0 N–H and O–H groups in total. The van der Waals surface area contributed by atoms with Gasteiger partial charge in [0.2, 0.25) is 0 Å². The number of hydrogen-bond donors (Lipinski definition) is 0. The molecule has 1 saturated carbocycles. The van der Waals surface area contributed by atoms with E-state index in [-0.39, 0.29) is 0 Å². The molecular formula is C18H23F2N. The molecule has 3 aliphatic rings. The van der Waals surface area contributed by atoms with Gasteiger partial charge in [0.1, 0.15) is 0 Å². The van der Waals surface area contributed by atoms with Crippen LogP contribution in [0.25, 0.3) is 5.57 Å². The fraction of sp³-hybridized carbons (Fsp3) is 0.556. The zero-order valence-electron chi connectivity index (χ0n) is 12.8. The van der Waals surface area contributed by atoms with E-state index >= 15 is 0 Å². The van der Waals surface area contributed by atoms with Crippen LogP contribution < -0.4 is 0 Å². The number of halogens is 2. The van der Waals surface area contributed by atoms with Gasteiger partial charge in [-0.3, -0.25) is 0 Å². The fourth-order valence-electron chi connectivity index (χ4n) is 3.98. The first-order valence-electron chi connectivity index (χ1n) is 7.89. The smallest absolute Gasteiger partial charge is 0.159 e. The Labute approximate surface area is 125 Å². The van der Waals surface area contributed by atoms with Crippen LogP contribution in [0.2, 0.25) is 0 Å². The summed E-state index contributed by atoms with van der Waals surface area (Å²) < 4.78 is 26.8. The van der Waals surface area contributed by atoms with E-state index in [1.54, 1.807) is 6.07 Å². The van der Waals surface area contributed by atoms with E-state index in [0.717, 1.165) is 18.5 Å². The Hall–Kier alpha value is -1.22. The number of nitrogens with zero attached hydrogens (tertiary/aromatic N) is 1. The lowest BCUT2D eigenvalue weighted by Crippen LogP contribution is -2.28. The third kappa shape index (κ3) is 2.89. The quantitative estimate of drug-likeness (QED) is 0.790. The Bertz CT molecular complexity index is 554. The molecule has 4 rings (SSSR count). The predicted molar refractivity (Wildman–Crippen MR) is 81.9 cm³/mol. The monoisotopic (exact) mass is 291 g/mol. The van der Waals surface area contributed by atoms with Crippen LogP contribution in [0.4, 0.5) is 8.78 Å². The number of rotatable bonds is 4. The van der Waals surface area contributed by atoms with Crippen LogP contribution in [0, 0.1) is 23.5 Å². The van der Waals surface area contributed by atoms with Crippen LogP contribution in [-0.4, -0.2) is 25.5 Å². The van der Waals surface area contributed by atoms with Crippen LogP contribution in [-0.2, 0) is 0 Å². The average Bonchev–Trinajstić information content (AvgIpc) is 2.48. The molecule has 1 fully saturated rings. The van der Waals surface area contributed by atoms with Crippen molar-refractivity contribution in [2.45, 2.75) is 32.1 Å². The minimum absolute atomic E-state index is 0.539. The largest absolute Gasteiger partial charge is 0.309 e. The Morgan fingerprint density at radius 1 is 1.00 bits per heavy atom. The van der Waals surface area contributed by atoms with Gasteiger partial charge in [0.25, 0.3) is 0 Å². The minimum atomic E-state index is -0.754. The van der Waals surface area contributed by atoms with Crippen molar-refractivity contribution in [2.24, 2.45) is 11.8 Å². The number of allylic oxidation sites excluding steroid dienone is 1. The minimum Gasteiger partial charge on any atom is -0.309 e. The first-order chi connectivity index (χ1) is 10.1. The van der Waals surface area contributed by atoms with Crippen molar-refractivity contribution in [3.63, 3.8) is 0 Å². The van der Waals surface area contributed by atoms with E-state index in [1.807, 2.05) is 0 Å². The summed E-state index contributed by atoms with van der Waals surface area (Å²) in [6.45, 7) is 1.02. The standard InChI is InChI=1S/C18H23F2N/c1-21(2)10-9-15-12-3-5-13(6-4-12)18(15)14-7-8-16(19)17(20)11-14/h7-8,11-13H,3-6,9-10H2,1-2H3. The van der Waals surface area contributed by atoms with Crippen molar-refractivity contribution < 1.29 is 8.78 Å². The highest BCUT2D eigenvalue weighted by Gasteiger charge is 2.35. The Morgan fingerprint density at radius 2 is 1.67 bits per heavy atom. The van der Waals surface area contributed by atoms with E-state index in [2.05, 4.69) is 19.0 Å². The number of benzene rings is 1. The molecule has 0 atom stereocenters. The summed E-state index contributed by atoms with van der Waals surface area (Å²) in [5.41, 5.74) is 3.72. The summed E-state index contributed by atoms with van der Waals surface area (Å²) in [6, 6.07) is 4.41. The van der Waals surface area contributed by atoms with Crippen molar-refractivity contribution in [3.8, 4) is 0 Å².